The molecule has 0 spiro atoms. The average molecular weight is 1120 g/mol. The lowest BCUT2D eigenvalue weighted by atomic mass is 10.0. The molecule has 0 saturated heterocycles. The highest BCUT2D eigenvalue weighted by molar-refractivity contribution is 5.71. The summed E-state index contributed by atoms with van der Waals surface area (Å²) in [5.74, 6) is -0.883. The van der Waals surface area contributed by atoms with E-state index < -0.39 is 6.10 Å². The molecule has 6 heteroatoms. The molecule has 0 aliphatic rings. The monoisotopic (exact) mass is 1120 g/mol. The third kappa shape index (κ3) is 65.7. The van der Waals surface area contributed by atoms with Crippen LogP contribution in [0.15, 0.2) is 72.9 Å². The highest BCUT2D eigenvalue weighted by Gasteiger charge is 2.19. The number of unbranched alkanes of at least 4 members (excludes halogenated alkanes) is 41. The SMILES string of the molecule is CC/C=C\C/C=C\C/C=C\CCCCCCCC(=O)OCC(COC(=O)CCCCCCCCCCCCCCCCCCC/C=C\C/C=C\CCCCCCC)OC(=O)CCCCCCCCC/C=C\CCCCCCCCC. The van der Waals surface area contributed by atoms with Crippen molar-refractivity contribution in [2.24, 2.45) is 0 Å². The van der Waals surface area contributed by atoms with E-state index >= 15 is 0 Å². The lowest BCUT2D eigenvalue weighted by molar-refractivity contribution is -0.167. The van der Waals surface area contributed by atoms with Crippen LogP contribution in [-0.4, -0.2) is 37.2 Å². The van der Waals surface area contributed by atoms with E-state index in [9.17, 15) is 14.4 Å². The molecule has 0 heterocycles. The Hall–Kier alpha value is -3.15. The Bertz CT molecular complexity index is 1470. The van der Waals surface area contributed by atoms with Gasteiger partial charge in [0, 0.05) is 19.3 Å². The Kier molecular flexibility index (Phi) is 65.7. The lowest BCUT2D eigenvalue weighted by Gasteiger charge is -2.18. The standard InChI is InChI=1S/C74H132O6/c1-4-7-10-13-16-19-22-25-28-30-32-33-34-35-36-37-38-39-40-41-42-44-46-49-52-55-58-61-64-67-73(76)79-70-71(69-78-72(75)66-63-60-57-54-51-48-45-27-24-21-18-15-12-9-6-3)80-74(77)68-65-62-59-56-53-50-47-43-31-29-26-23-20-17-14-11-8-5-2/h9,12,18,21-22,25,27,29-32,45,71H,4-8,10-11,13-17,19-20,23-24,26,28,33-44,46-70H2,1-3H3/b12-9-,21-18-,25-22-,31-29-,32-30-,45-27-. The first-order valence-electron chi connectivity index (χ1n) is 34.9. The van der Waals surface area contributed by atoms with E-state index in [0.29, 0.717) is 19.3 Å². The Morgan fingerprint density at radius 1 is 0.263 bits per heavy atom. The van der Waals surface area contributed by atoms with Crippen molar-refractivity contribution in [3.8, 4) is 0 Å². The van der Waals surface area contributed by atoms with Crippen molar-refractivity contribution in [1.82, 2.24) is 0 Å². The summed E-state index contributed by atoms with van der Waals surface area (Å²) in [6, 6.07) is 0. The smallest absolute Gasteiger partial charge is 0.306 e. The third-order valence-electron chi connectivity index (χ3n) is 15.4. The van der Waals surface area contributed by atoms with Crippen molar-refractivity contribution in [1.29, 1.82) is 0 Å². The van der Waals surface area contributed by atoms with Gasteiger partial charge in [0.15, 0.2) is 6.10 Å². The molecule has 0 amide bonds. The molecule has 0 rings (SSSR count). The molecule has 80 heavy (non-hydrogen) atoms. The van der Waals surface area contributed by atoms with Crippen LogP contribution in [0.3, 0.4) is 0 Å². The molecule has 6 nitrogen and oxygen atoms in total. The summed E-state index contributed by atoms with van der Waals surface area (Å²) in [5, 5.41) is 0. The van der Waals surface area contributed by atoms with Crippen molar-refractivity contribution in [2.75, 3.05) is 13.2 Å². The van der Waals surface area contributed by atoms with E-state index in [2.05, 4.69) is 93.7 Å². The van der Waals surface area contributed by atoms with Gasteiger partial charge in [-0.05, 0) is 109 Å². The molecule has 0 saturated carbocycles. The van der Waals surface area contributed by atoms with E-state index in [-0.39, 0.29) is 31.1 Å². The van der Waals surface area contributed by atoms with Crippen LogP contribution < -0.4 is 0 Å². The first kappa shape index (κ1) is 76.9. The maximum absolute atomic E-state index is 12.9. The van der Waals surface area contributed by atoms with Crippen molar-refractivity contribution in [3.63, 3.8) is 0 Å². The third-order valence-corrected chi connectivity index (χ3v) is 15.4. The van der Waals surface area contributed by atoms with Crippen LogP contribution in [0.4, 0.5) is 0 Å². The molecule has 0 aromatic rings. The number of rotatable bonds is 64. The molecule has 1 unspecified atom stereocenters. The Balaban J connectivity index is 4.25. The van der Waals surface area contributed by atoms with Gasteiger partial charge in [0.25, 0.3) is 0 Å². The van der Waals surface area contributed by atoms with Crippen LogP contribution in [0, 0.1) is 0 Å². The van der Waals surface area contributed by atoms with Crippen LogP contribution in [0.5, 0.6) is 0 Å². The number of ether oxygens (including phenoxy) is 3. The van der Waals surface area contributed by atoms with Crippen LogP contribution in [-0.2, 0) is 28.6 Å². The molecule has 0 fully saturated rings. The van der Waals surface area contributed by atoms with E-state index in [4.69, 9.17) is 14.2 Å². The van der Waals surface area contributed by atoms with Gasteiger partial charge in [-0.2, -0.15) is 0 Å². The van der Waals surface area contributed by atoms with E-state index in [1.807, 2.05) is 0 Å². The largest absolute Gasteiger partial charge is 0.462 e. The van der Waals surface area contributed by atoms with Crippen molar-refractivity contribution in [3.05, 3.63) is 72.9 Å². The molecule has 0 bridgehead atoms. The molecule has 0 radical (unpaired) electrons. The second kappa shape index (κ2) is 68.3. The summed E-state index contributed by atoms with van der Waals surface area (Å²) in [7, 11) is 0. The van der Waals surface area contributed by atoms with Gasteiger partial charge in [-0.3, -0.25) is 14.4 Å². The summed E-state index contributed by atoms with van der Waals surface area (Å²) >= 11 is 0. The second-order valence-electron chi connectivity index (χ2n) is 23.4. The minimum absolute atomic E-state index is 0.0799. The fourth-order valence-corrected chi connectivity index (χ4v) is 10.2. The highest BCUT2D eigenvalue weighted by atomic mass is 16.6. The molecule has 0 N–H and O–H groups in total. The van der Waals surface area contributed by atoms with Crippen LogP contribution in [0.2, 0.25) is 0 Å². The first-order valence-corrected chi connectivity index (χ1v) is 34.9. The van der Waals surface area contributed by atoms with E-state index in [1.165, 1.54) is 218 Å². The predicted molar refractivity (Wildman–Crippen MR) is 348 cm³/mol. The molecule has 0 aliphatic heterocycles. The first-order chi connectivity index (χ1) is 39.5. The van der Waals surface area contributed by atoms with Crippen molar-refractivity contribution >= 4 is 17.9 Å². The van der Waals surface area contributed by atoms with Crippen LogP contribution in [0.1, 0.15) is 361 Å². The van der Waals surface area contributed by atoms with Crippen molar-refractivity contribution in [2.45, 2.75) is 367 Å². The number of carbonyl (C=O) groups excluding carboxylic acids is 3. The molecule has 0 aromatic carbocycles. The van der Waals surface area contributed by atoms with E-state index in [0.717, 1.165) is 103 Å². The number of hydrogen-bond acceptors (Lipinski definition) is 6. The number of esters is 3. The van der Waals surface area contributed by atoms with Gasteiger partial charge in [0.1, 0.15) is 13.2 Å². The summed E-state index contributed by atoms with van der Waals surface area (Å²) < 4.78 is 17.0. The average Bonchev–Trinajstić information content (AvgIpc) is 3.46. The highest BCUT2D eigenvalue weighted by Crippen LogP contribution is 2.17. The molecule has 464 valence electrons. The lowest BCUT2D eigenvalue weighted by Crippen LogP contribution is -2.30. The Labute approximate surface area is 497 Å². The fourth-order valence-electron chi connectivity index (χ4n) is 10.2. The minimum Gasteiger partial charge on any atom is -0.462 e. The van der Waals surface area contributed by atoms with Gasteiger partial charge in [-0.1, -0.05) is 306 Å². The maximum atomic E-state index is 12.9. The molecular formula is C74H132O6. The second-order valence-corrected chi connectivity index (χ2v) is 23.4. The molecular weight excluding hydrogens is 985 g/mol. The van der Waals surface area contributed by atoms with Crippen molar-refractivity contribution < 1.29 is 28.6 Å². The van der Waals surface area contributed by atoms with Gasteiger partial charge < -0.3 is 14.2 Å². The topological polar surface area (TPSA) is 78.9 Å². The van der Waals surface area contributed by atoms with Gasteiger partial charge >= 0.3 is 17.9 Å². The summed E-state index contributed by atoms with van der Waals surface area (Å²) in [6.07, 6.45) is 89.3. The predicted octanol–water partition coefficient (Wildman–Crippen LogP) is 24.1. The minimum atomic E-state index is -0.785. The van der Waals surface area contributed by atoms with Gasteiger partial charge in [-0.15, -0.1) is 0 Å². The summed E-state index contributed by atoms with van der Waals surface area (Å²) in [5.41, 5.74) is 0. The number of carbonyl (C=O) groups is 3. The van der Waals surface area contributed by atoms with Crippen LogP contribution >= 0.6 is 0 Å². The zero-order valence-electron chi connectivity index (χ0n) is 53.3. The van der Waals surface area contributed by atoms with E-state index in [1.54, 1.807) is 0 Å². The zero-order valence-corrected chi connectivity index (χ0v) is 53.3. The summed E-state index contributed by atoms with van der Waals surface area (Å²) in [6.45, 7) is 6.55. The molecule has 1 atom stereocenters. The normalized spacial score (nSPS) is 12.5. The molecule has 0 aromatic heterocycles. The number of allylic oxidation sites excluding steroid dienone is 12. The summed E-state index contributed by atoms with van der Waals surface area (Å²) in [4.78, 5) is 38.4. The quantitative estimate of drug-likeness (QED) is 0.0261. The van der Waals surface area contributed by atoms with Crippen LogP contribution in [0.25, 0.3) is 0 Å². The van der Waals surface area contributed by atoms with Gasteiger partial charge in [-0.25, -0.2) is 0 Å². The molecule has 0 aliphatic carbocycles. The Morgan fingerprint density at radius 2 is 0.487 bits per heavy atom. The van der Waals surface area contributed by atoms with Gasteiger partial charge in [0.2, 0.25) is 0 Å². The number of hydrogen-bond donors (Lipinski definition) is 0. The zero-order chi connectivity index (χ0) is 57.8. The Morgan fingerprint density at radius 3 is 0.775 bits per heavy atom. The maximum Gasteiger partial charge on any atom is 0.306 e. The fraction of sp³-hybridized carbons (Fsp3) is 0.797. The van der Waals surface area contributed by atoms with Gasteiger partial charge in [0.05, 0.1) is 0 Å².